The monoisotopic (exact) mass is 294 g/mol. The third kappa shape index (κ3) is 4.46. The molecule has 3 N–H and O–H groups in total. The SMILES string of the molecule is Cc1ccc(C[C@@H](O)[C@@H](O)c2ccc(CCCCO)o2)o1. The molecule has 0 bridgehead atoms. The minimum absolute atomic E-state index is 0.164. The molecule has 2 aromatic rings. The van der Waals surface area contributed by atoms with Crippen molar-refractivity contribution in [3.8, 4) is 0 Å². The quantitative estimate of drug-likeness (QED) is 0.649. The van der Waals surface area contributed by atoms with Crippen molar-refractivity contribution in [2.45, 2.75) is 44.8 Å². The molecule has 0 spiro atoms. The highest BCUT2D eigenvalue weighted by atomic mass is 16.4. The van der Waals surface area contributed by atoms with Gasteiger partial charge in [-0.05, 0) is 44.0 Å². The zero-order valence-electron chi connectivity index (χ0n) is 12.2. The molecule has 0 aliphatic rings. The Morgan fingerprint density at radius 1 is 1.00 bits per heavy atom. The number of hydrogen-bond acceptors (Lipinski definition) is 5. The highest BCUT2D eigenvalue weighted by Gasteiger charge is 2.23. The van der Waals surface area contributed by atoms with Crippen LogP contribution in [0.4, 0.5) is 0 Å². The van der Waals surface area contributed by atoms with Gasteiger partial charge in [0, 0.05) is 19.4 Å². The van der Waals surface area contributed by atoms with E-state index in [4.69, 9.17) is 13.9 Å². The van der Waals surface area contributed by atoms with E-state index in [1.807, 2.05) is 13.0 Å². The van der Waals surface area contributed by atoms with Gasteiger partial charge >= 0.3 is 0 Å². The predicted molar refractivity (Wildman–Crippen MR) is 76.8 cm³/mol. The lowest BCUT2D eigenvalue weighted by Crippen LogP contribution is -2.20. The van der Waals surface area contributed by atoms with Crippen LogP contribution in [0.1, 0.15) is 42.0 Å². The summed E-state index contributed by atoms with van der Waals surface area (Å²) in [6.45, 7) is 2.00. The van der Waals surface area contributed by atoms with Crippen LogP contribution < -0.4 is 0 Å². The van der Waals surface area contributed by atoms with E-state index in [0.717, 1.165) is 24.4 Å². The molecule has 0 fully saturated rings. The number of furan rings is 2. The molecule has 0 saturated heterocycles. The molecule has 116 valence electrons. The number of hydrogen-bond donors (Lipinski definition) is 3. The highest BCUT2D eigenvalue weighted by Crippen LogP contribution is 2.23. The second kappa shape index (κ2) is 7.45. The van der Waals surface area contributed by atoms with Crippen molar-refractivity contribution < 1.29 is 24.2 Å². The van der Waals surface area contributed by atoms with Gasteiger partial charge in [-0.3, -0.25) is 0 Å². The van der Waals surface area contributed by atoms with Crippen molar-refractivity contribution in [1.29, 1.82) is 0 Å². The van der Waals surface area contributed by atoms with Crippen molar-refractivity contribution in [3.05, 3.63) is 47.3 Å². The molecule has 0 radical (unpaired) electrons. The molecule has 0 aromatic carbocycles. The van der Waals surface area contributed by atoms with Crippen LogP contribution in [0, 0.1) is 6.92 Å². The van der Waals surface area contributed by atoms with Gasteiger partial charge in [-0.25, -0.2) is 0 Å². The van der Waals surface area contributed by atoms with Crippen LogP contribution in [-0.4, -0.2) is 28.0 Å². The molecule has 2 heterocycles. The zero-order valence-corrected chi connectivity index (χ0v) is 12.2. The summed E-state index contributed by atoms with van der Waals surface area (Å²) in [5.41, 5.74) is 0. The fourth-order valence-electron chi connectivity index (χ4n) is 2.20. The van der Waals surface area contributed by atoms with E-state index in [9.17, 15) is 10.2 Å². The van der Waals surface area contributed by atoms with Crippen LogP contribution in [-0.2, 0) is 12.8 Å². The summed E-state index contributed by atoms with van der Waals surface area (Å²) in [4.78, 5) is 0. The van der Waals surface area contributed by atoms with Crippen molar-refractivity contribution in [1.82, 2.24) is 0 Å². The summed E-state index contributed by atoms with van der Waals surface area (Å²) in [5, 5.41) is 28.9. The zero-order chi connectivity index (χ0) is 15.2. The van der Waals surface area contributed by atoms with Gasteiger partial charge in [-0.15, -0.1) is 0 Å². The van der Waals surface area contributed by atoms with Crippen LogP contribution >= 0.6 is 0 Å². The molecule has 2 atom stereocenters. The maximum absolute atomic E-state index is 10.1. The average molecular weight is 294 g/mol. The highest BCUT2D eigenvalue weighted by molar-refractivity contribution is 5.12. The Hall–Kier alpha value is -1.56. The van der Waals surface area contributed by atoms with E-state index in [0.29, 0.717) is 17.9 Å². The van der Waals surface area contributed by atoms with Crippen molar-refractivity contribution in [2.75, 3.05) is 6.61 Å². The normalized spacial score (nSPS) is 14.3. The number of aryl methyl sites for hydroxylation is 2. The van der Waals surface area contributed by atoms with E-state index >= 15 is 0 Å². The maximum Gasteiger partial charge on any atom is 0.138 e. The topological polar surface area (TPSA) is 87.0 Å². The van der Waals surface area contributed by atoms with Crippen LogP contribution in [0.2, 0.25) is 0 Å². The molecule has 2 aromatic heterocycles. The van der Waals surface area contributed by atoms with E-state index < -0.39 is 12.2 Å². The number of aliphatic hydroxyl groups is 3. The van der Waals surface area contributed by atoms with Crippen molar-refractivity contribution >= 4 is 0 Å². The van der Waals surface area contributed by atoms with Gasteiger partial charge in [-0.2, -0.15) is 0 Å². The summed E-state index contributed by atoms with van der Waals surface area (Å²) in [6.07, 6.45) is 0.428. The largest absolute Gasteiger partial charge is 0.466 e. The fraction of sp³-hybridized carbons (Fsp3) is 0.500. The van der Waals surface area contributed by atoms with E-state index in [-0.39, 0.29) is 13.0 Å². The minimum Gasteiger partial charge on any atom is -0.466 e. The maximum atomic E-state index is 10.1. The summed E-state index contributed by atoms with van der Waals surface area (Å²) in [6, 6.07) is 7.07. The van der Waals surface area contributed by atoms with Gasteiger partial charge in [-0.1, -0.05) is 0 Å². The second-order valence-electron chi connectivity index (χ2n) is 5.21. The third-order valence-corrected chi connectivity index (χ3v) is 3.38. The molecule has 21 heavy (non-hydrogen) atoms. The van der Waals surface area contributed by atoms with Crippen molar-refractivity contribution in [3.63, 3.8) is 0 Å². The molecule has 0 aliphatic carbocycles. The number of unbranched alkanes of at least 4 members (excludes halogenated alkanes) is 1. The van der Waals surface area contributed by atoms with Gasteiger partial charge in [0.2, 0.25) is 0 Å². The third-order valence-electron chi connectivity index (χ3n) is 3.38. The molecular weight excluding hydrogens is 272 g/mol. The Morgan fingerprint density at radius 3 is 2.43 bits per heavy atom. The second-order valence-corrected chi connectivity index (χ2v) is 5.21. The Labute approximate surface area is 123 Å². The van der Waals surface area contributed by atoms with Crippen LogP contribution in [0.5, 0.6) is 0 Å². The molecule has 0 amide bonds. The van der Waals surface area contributed by atoms with Crippen LogP contribution in [0.15, 0.2) is 33.1 Å². The first-order valence-corrected chi connectivity index (χ1v) is 7.21. The van der Waals surface area contributed by atoms with Gasteiger partial charge in [0.1, 0.15) is 29.1 Å². The van der Waals surface area contributed by atoms with Gasteiger partial charge in [0.25, 0.3) is 0 Å². The average Bonchev–Trinajstić information content (AvgIpc) is 3.08. The molecular formula is C16H22O5. The predicted octanol–water partition coefficient (Wildman–Crippen LogP) is 2.13. The van der Waals surface area contributed by atoms with E-state index in [2.05, 4.69) is 0 Å². The number of rotatable bonds is 8. The molecule has 5 heteroatoms. The molecule has 0 aliphatic heterocycles. The Kier molecular flexibility index (Phi) is 5.61. The molecule has 0 unspecified atom stereocenters. The van der Waals surface area contributed by atoms with Crippen molar-refractivity contribution in [2.24, 2.45) is 0 Å². The Morgan fingerprint density at radius 2 is 1.76 bits per heavy atom. The first-order valence-electron chi connectivity index (χ1n) is 7.21. The summed E-state index contributed by atoms with van der Waals surface area (Å²) >= 11 is 0. The summed E-state index contributed by atoms with van der Waals surface area (Å²) in [5.74, 6) is 2.51. The molecule has 0 saturated carbocycles. The fourth-order valence-corrected chi connectivity index (χ4v) is 2.20. The van der Waals surface area contributed by atoms with Crippen LogP contribution in [0.25, 0.3) is 0 Å². The summed E-state index contributed by atoms with van der Waals surface area (Å²) < 4.78 is 10.9. The molecule has 2 rings (SSSR count). The van der Waals surface area contributed by atoms with Gasteiger partial charge < -0.3 is 24.2 Å². The Bertz CT molecular complexity index is 542. The first-order chi connectivity index (χ1) is 10.1. The van der Waals surface area contributed by atoms with E-state index in [1.54, 1.807) is 18.2 Å². The van der Waals surface area contributed by atoms with Gasteiger partial charge in [0.05, 0.1) is 6.10 Å². The smallest absolute Gasteiger partial charge is 0.138 e. The Balaban J connectivity index is 1.90. The molecule has 5 nitrogen and oxygen atoms in total. The lowest BCUT2D eigenvalue weighted by Gasteiger charge is -2.14. The summed E-state index contributed by atoms with van der Waals surface area (Å²) in [7, 11) is 0. The standard InChI is InChI=1S/C16H22O5/c1-11-5-6-13(20-11)10-14(18)16(19)15-8-7-12(21-15)4-2-3-9-17/h5-8,14,16-19H,2-4,9-10H2,1H3/t14-,16-/m1/s1. The lowest BCUT2D eigenvalue weighted by molar-refractivity contribution is 0.00284. The van der Waals surface area contributed by atoms with Crippen LogP contribution in [0.3, 0.4) is 0 Å². The van der Waals surface area contributed by atoms with Gasteiger partial charge in [0.15, 0.2) is 0 Å². The minimum atomic E-state index is -1.08. The van der Waals surface area contributed by atoms with E-state index in [1.165, 1.54) is 0 Å². The first kappa shape index (κ1) is 15.8. The lowest BCUT2D eigenvalue weighted by atomic mass is 10.1. The number of aliphatic hydroxyl groups excluding tert-OH is 3.